The first-order valence-corrected chi connectivity index (χ1v) is 7.17. The number of hydrogen-bond donors (Lipinski definition) is 2. The lowest BCUT2D eigenvalue weighted by molar-refractivity contribution is 0.0277. The molecule has 124 valence electrons. The Morgan fingerprint density at radius 1 is 1.25 bits per heavy atom. The highest BCUT2D eigenvalue weighted by molar-refractivity contribution is 5.89. The van der Waals surface area contributed by atoms with Gasteiger partial charge in [0.1, 0.15) is 13.2 Å². The first-order valence-electron chi connectivity index (χ1n) is 7.17. The number of nitrogen functional groups attached to an aromatic ring is 1. The molecule has 0 saturated carbocycles. The molecule has 3 rings (SSSR count). The minimum Gasteiger partial charge on any atom is -0.460 e. The number of carbonyl (C=O) groups is 1. The molecule has 9 nitrogen and oxygen atoms in total. The molecule has 0 spiro atoms. The van der Waals surface area contributed by atoms with Gasteiger partial charge < -0.3 is 15.2 Å². The predicted molar refractivity (Wildman–Crippen MR) is 84.4 cm³/mol. The Labute approximate surface area is 136 Å². The van der Waals surface area contributed by atoms with Gasteiger partial charge in [0.25, 0.3) is 5.56 Å². The number of esters is 1. The van der Waals surface area contributed by atoms with Gasteiger partial charge in [-0.3, -0.25) is 9.78 Å². The number of aromatic amines is 1. The van der Waals surface area contributed by atoms with Crippen LogP contribution in [0.25, 0.3) is 5.52 Å². The van der Waals surface area contributed by atoms with Gasteiger partial charge in [0.15, 0.2) is 11.3 Å². The lowest BCUT2D eigenvalue weighted by atomic mass is 10.2. The van der Waals surface area contributed by atoms with Gasteiger partial charge in [-0.2, -0.15) is 0 Å². The molecule has 0 aliphatic rings. The summed E-state index contributed by atoms with van der Waals surface area (Å²) in [6.45, 7) is 0.395. The monoisotopic (exact) mass is 329 g/mol. The molecular formula is C15H15N5O4. The van der Waals surface area contributed by atoms with E-state index in [2.05, 4.69) is 15.1 Å². The molecular weight excluding hydrogens is 314 g/mol. The molecule has 1 aromatic carbocycles. The van der Waals surface area contributed by atoms with Gasteiger partial charge in [-0.1, -0.05) is 18.2 Å². The highest BCUT2D eigenvalue weighted by atomic mass is 16.6. The number of nitrogens with one attached hydrogen (secondary N) is 1. The smallest absolute Gasteiger partial charge is 0.338 e. The van der Waals surface area contributed by atoms with Crippen LogP contribution in [-0.2, 0) is 16.1 Å². The van der Waals surface area contributed by atoms with Crippen LogP contribution in [0.4, 0.5) is 5.95 Å². The van der Waals surface area contributed by atoms with Crippen molar-refractivity contribution in [1.82, 2.24) is 19.6 Å². The second-order valence-electron chi connectivity index (χ2n) is 4.87. The maximum Gasteiger partial charge on any atom is 0.338 e. The van der Waals surface area contributed by atoms with Crippen LogP contribution in [0.5, 0.6) is 0 Å². The fourth-order valence-electron chi connectivity index (χ4n) is 2.08. The Hall–Kier alpha value is -3.20. The molecule has 2 heterocycles. The van der Waals surface area contributed by atoms with E-state index in [1.807, 2.05) is 6.07 Å². The van der Waals surface area contributed by atoms with Crippen molar-refractivity contribution in [2.75, 3.05) is 18.9 Å². The molecule has 0 saturated heterocycles. The van der Waals surface area contributed by atoms with Gasteiger partial charge in [-0.25, -0.2) is 14.3 Å². The molecule has 3 N–H and O–H groups in total. The fraction of sp³-hybridized carbons (Fsp3) is 0.200. The summed E-state index contributed by atoms with van der Waals surface area (Å²) in [5.41, 5.74) is 5.89. The number of imidazole rings is 1. The molecule has 0 bridgehead atoms. The van der Waals surface area contributed by atoms with E-state index >= 15 is 0 Å². The lowest BCUT2D eigenvalue weighted by Gasteiger charge is -2.06. The molecule has 0 aliphatic heterocycles. The van der Waals surface area contributed by atoms with Crippen LogP contribution >= 0.6 is 0 Å². The summed E-state index contributed by atoms with van der Waals surface area (Å²) in [4.78, 5) is 29.8. The summed E-state index contributed by atoms with van der Waals surface area (Å²) in [6.07, 6.45) is 1.39. The molecule has 0 aliphatic carbocycles. The molecule has 2 aromatic heterocycles. The van der Waals surface area contributed by atoms with Gasteiger partial charge in [-0.05, 0) is 12.1 Å². The number of aromatic nitrogens is 4. The van der Waals surface area contributed by atoms with E-state index in [-0.39, 0.29) is 36.8 Å². The summed E-state index contributed by atoms with van der Waals surface area (Å²) in [5, 5.41) is 3.97. The van der Waals surface area contributed by atoms with E-state index in [9.17, 15) is 9.59 Å². The molecule has 0 unspecified atom stereocenters. The number of rotatable bonds is 6. The zero-order valence-electron chi connectivity index (χ0n) is 12.6. The van der Waals surface area contributed by atoms with Crippen molar-refractivity contribution in [3.63, 3.8) is 0 Å². The average molecular weight is 329 g/mol. The standard InChI is InChI=1S/C15H15N5O4/c16-15-18-13(21)11-8-17-12(20(11)19-15)9-23-6-7-24-14(22)10-4-2-1-3-5-10/h1-5,8H,6-7,9H2,(H3,16,18,19,21). The summed E-state index contributed by atoms with van der Waals surface area (Å²) in [7, 11) is 0. The van der Waals surface area contributed by atoms with Crippen molar-refractivity contribution < 1.29 is 14.3 Å². The maximum atomic E-state index is 11.7. The minimum absolute atomic E-state index is 0.0106. The van der Waals surface area contributed by atoms with Gasteiger partial charge in [0.2, 0.25) is 5.95 Å². The van der Waals surface area contributed by atoms with E-state index in [0.717, 1.165) is 0 Å². The van der Waals surface area contributed by atoms with E-state index < -0.39 is 5.97 Å². The second kappa shape index (κ2) is 6.92. The van der Waals surface area contributed by atoms with Crippen molar-refractivity contribution >= 4 is 17.4 Å². The van der Waals surface area contributed by atoms with Gasteiger partial charge in [0, 0.05) is 0 Å². The summed E-state index contributed by atoms with van der Waals surface area (Å²) in [5.74, 6) is 0.00663. The number of nitrogens with zero attached hydrogens (tertiary/aromatic N) is 3. The molecule has 0 radical (unpaired) electrons. The van der Waals surface area contributed by atoms with Gasteiger partial charge in [-0.15, -0.1) is 5.10 Å². The third kappa shape index (κ3) is 3.41. The number of hydrogen-bond acceptors (Lipinski definition) is 7. The average Bonchev–Trinajstić information content (AvgIpc) is 2.98. The number of nitrogens with two attached hydrogens (primary N) is 1. The largest absolute Gasteiger partial charge is 0.460 e. The Kier molecular flexibility index (Phi) is 4.52. The molecule has 0 amide bonds. The normalized spacial score (nSPS) is 10.8. The van der Waals surface area contributed by atoms with E-state index in [1.54, 1.807) is 24.3 Å². The summed E-state index contributed by atoms with van der Waals surface area (Å²) < 4.78 is 11.8. The van der Waals surface area contributed by atoms with Crippen LogP contribution in [0.15, 0.2) is 41.3 Å². The van der Waals surface area contributed by atoms with Crippen molar-refractivity contribution in [1.29, 1.82) is 0 Å². The highest BCUT2D eigenvalue weighted by Gasteiger charge is 2.09. The van der Waals surface area contributed by atoms with Gasteiger partial charge in [0.05, 0.1) is 18.4 Å². The first kappa shape index (κ1) is 15.7. The van der Waals surface area contributed by atoms with Crippen LogP contribution in [-0.4, -0.2) is 38.8 Å². The Bertz CT molecular complexity index is 903. The van der Waals surface area contributed by atoms with E-state index in [0.29, 0.717) is 11.4 Å². The third-order valence-corrected chi connectivity index (χ3v) is 3.19. The highest BCUT2D eigenvalue weighted by Crippen LogP contribution is 2.03. The quantitative estimate of drug-likeness (QED) is 0.494. The Morgan fingerprint density at radius 2 is 2.04 bits per heavy atom. The number of fused-ring (bicyclic) bond motifs is 1. The van der Waals surface area contributed by atoms with Crippen molar-refractivity contribution in [2.45, 2.75) is 6.61 Å². The van der Waals surface area contributed by atoms with Crippen LogP contribution in [0, 0.1) is 0 Å². The third-order valence-electron chi connectivity index (χ3n) is 3.19. The summed E-state index contributed by atoms with van der Waals surface area (Å²) in [6, 6.07) is 8.69. The topological polar surface area (TPSA) is 125 Å². The molecule has 0 atom stereocenters. The van der Waals surface area contributed by atoms with E-state index in [4.69, 9.17) is 15.2 Å². The summed E-state index contributed by atoms with van der Waals surface area (Å²) >= 11 is 0. The van der Waals surface area contributed by atoms with Crippen molar-refractivity contribution in [3.05, 3.63) is 58.3 Å². The molecule has 0 fully saturated rings. The molecule has 24 heavy (non-hydrogen) atoms. The van der Waals surface area contributed by atoms with Crippen molar-refractivity contribution in [3.8, 4) is 0 Å². The van der Waals surface area contributed by atoms with Crippen molar-refractivity contribution in [2.24, 2.45) is 0 Å². The number of carbonyl (C=O) groups excluding carboxylic acids is 1. The SMILES string of the molecule is Nc1nn2c(COCCOC(=O)c3ccccc3)ncc2c(=O)[nH]1. The zero-order valence-corrected chi connectivity index (χ0v) is 12.6. The van der Waals surface area contributed by atoms with E-state index in [1.165, 1.54) is 10.7 Å². The molecule has 9 heteroatoms. The predicted octanol–water partition coefficient (Wildman–Crippen LogP) is 0.373. The zero-order chi connectivity index (χ0) is 16.9. The van der Waals surface area contributed by atoms with Crippen LogP contribution in [0.3, 0.4) is 0 Å². The Balaban J connectivity index is 1.51. The minimum atomic E-state index is -0.411. The van der Waals surface area contributed by atoms with Crippen LogP contribution < -0.4 is 11.3 Å². The second-order valence-corrected chi connectivity index (χ2v) is 4.87. The first-order chi connectivity index (χ1) is 11.6. The number of anilines is 1. The number of ether oxygens (including phenoxy) is 2. The maximum absolute atomic E-state index is 11.7. The fourth-order valence-corrected chi connectivity index (χ4v) is 2.08. The lowest BCUT2D eigenvalue weighted by Crippen LogP contribution is -2.16. The van der Waals surface area contributed by atoms with Gasteiger partial charge >= 0.3 is 5.97 Å². The van der Waals surface area contributed by atoms with Crippen LogP contribution in [0.1, 0.15) is 16.2 Å². The Morgan fingerprint density at radius 3 is 2.83 bits per heavy atom. The number of benzene rings is 1. The molecule has 3 aromatic rings. The van der Waals surface area contributed by atoms with Crippen LogP contribution in [0.2, 0.25) is 0 Å². The number of H-pyrrole nitrogens is 1.